The van der Waals surface area contributed by atoms with Gasteiger partial charge in [-0.25, -0.2) is 0 Å². The third-order valence-corrected chi connectivity index (χ3v) is 3.48. The Kier molecular flexibility index (Phi) is 4.37. The van der Waals surface area contributed by atoms with Crippen LogP contribution in [0.1, 0.15) is 26.3 Å². The zero-order chi connectivity index (χ0) is 14.9. The van der Waals surface area contributed by atoms with Gasteiger partial charge in [-0.3, -0.25) is 4.79 Å². The number of halogens is 1. The van der Waals surface area contributed by atoms with Crippen molar-refractivity contribution >= 4 is 23.2 Å². The molecule has 2 rings (SSSR count). The van der Waals surface area contributed by atoms with Crippen molar-refractivity contribution in [1.29, 1.82) is 0 Å². The van der Waals surface area contributed by atoms with Crippen LogP contribution in [0.5, 0.6) is 0 Å². The van der Waals surface area contributed by atoms with E-state index in [0.29, 0.717) is 18.0 Å². The molecular weight excluding hydrogens is 276 g/mol. The van der Waals surface area contributed by atoms with Crippen LogP contribution in [-0.4, -0.2) is 35.7 Å². The molecule has 1 aliphatic rings. The molecule has 20 heavy (non-hydrogen) atoms. The summed E-state index contributed by atoms with van der Waals surface area (Å²) in [6.07, 6.45) is -0.227. The third kappa shape index (κ3) is 3.72. The Hall–Kier alpha value is -1.10. The number of amides is 1. The molecule has 0 fully saturated rings. The monoisotopic (exact) mass is 296 g/mol. The van der Waals surface area contributed by atoms with Gasteiger partial charge in [-0.15, -0.1) is 0 Å². The van der Waals surface area contributed by atoms with Gasteiger partial charge in [0.2, 0.25) is 5.91 Å². The van der Waals surface area contributed by atoms with Crippen LogP contribution >= 0.6 is 11.6 Å². The number of nitrogens with zero attached hydrogens (tertiary/aromatic N) is 1. The van der Waals surface area contributed by atoms with Gasteiger partial charge >= 0.3 is 0 Å². The fourth-order valence-corrected chi connectivity index (χ4v) is 2.40. The van der Waals surface area contributed by atoms with E-state index in [1.807, 2.05) is 26.8 Å². The van der Waals surface area contributed by atoms with Crippen molar-refractivity contribution in [2.24, 2.45) is 0 Å². The number of hydrogen-bond donors (Lipinski definition) is 2. The largest absolute Gasteiger partial charge is 0.390 e. The minimum Gasteiger partial charge on any atom is -0.390 e. The summed E-state index contributed by atoms with van der Waals surface area (Å²) in [5.74, 6) is 0.0112. The van der Waals surface area contributed by atoms with Crippen molar-refractivity contribution in [3.05, 3.63) is 28.8 Å². The molecule has 1 aliphatic heterocycles. The number of aliphatic hydroxyl groups excluding tert-OH is 1. The number of aliphatic hydroxyl groups is 1. The van der Waals surface area contributed by atoms with E-state index in [-0.39, 0.29) is 18.0 Å². The molecule has 1 unspecified atom stereocenters. The summed E-state index contributed by atoms with van der Waals surface area (Å²) in [6.45, 7) is 6.85. The van der Waals surface area contributed by atoms with Gasteiger partial charge in [0.05, 0.1) is 19.1 Å². The molecule has 0 aliphatic carbocycles. The summed E-state index contributed by atoms with van der Waals surface area (Å²) < 4.78 is 0. The van der Waals surface area contributed by atoms with Gasteiger partial charge in [-0.1, -0.05) is 17.7 Å². The van der Waals surface area contributed by atoms with Crippen LogP contribution in [0.3, 0.4) is 0 Å². The molecule has 2 N–H and O–H groups in total. The van der Waals surface area contributed by atoms with E-state index in [1.165, 1.54) is 0 Å². The molecule has 5 heteroatoms. The number of carbonyl (C=O) groups excluding carboxylic acids is 1. The maximum Gasteiger partial charge on any atom is 0.231 e. The van der Waals surface area contributed by atoms with Crippen LogP contribution in [0, 0.1) is 0 Å². The highest BCUT2D eigenvalue weighted by Crippen LogP contribution is 2.31. The fourth-order valence-electron chi connectivity index (χ4n) is 2.23. The molecule has 4 nitrogen and oxygen atoms in total. The summed E-state index contributed by atoms with van der Waals surface area (Å²) in [4.78, 5) is 13.7. The number of nitrogens with one attached hydrogen (secondary N) is 1. The number of hydrogen-bond acceptors (Lipinski definition) is 3. The van der Waals surface area contributed by atoms with Crippen LogP contribution in [0.25, 0.3) is 0 Å². The van der Waals surface area contributed by atoms with Gasteiger partial charge in [0, 0.05) is 22.8 Å². The highest BCUT2D eigenvalue weighted by Gasteiger charge is 2.29. The van der Waals surface area contributed by atoms with Crippen molar-refractivity contribution in [3.8, 4) is 0 Å². The van der Waals surface area contributed by atoms with Crippen molar-refractivity contribution in [2.75, 3.05) is 18.0 Å². The molecule has 0 radical (unpaired) electrons. The minimum atomic E-state index is -0.608. The molecule has 1 atom stereocenters. The smallest absolute Gasteiger partial charge is 0.231 e. The summed E-state index contributed by atoms with van der Waals surface area (Å²) in [5.41, 5.74) is 1.73. The lowest BCUT2D eigenvalue weighted by Gasteiger charge is -2.26. The van der Waals surface area contributed by atoms with Gasteiger partial charge in [-0.05, 0) is 38.5 Å². The van der Waals surface area contributed by atoms with Crippen LogP contribution in [0.2, 0.25) is 5.02 Å². The molecule has 1 aromatic carbocycles. The molecule has 0 saturated heterocycles. The van der Waals surface area contributed by atoms with Gasteiger partial charge in [-0.2, -0.15) is 0 Å². The third-order valence-electron chi connectivity index (χ3n) is 3.24. The van der Waals surface area contributed by atoms with Crippen molar-refractivity contribution in [3.63, 3.8) is 0 Å². The standard InChI is InChI=1S/C15H21ClN2O2/c1-15(2,3)17-8-12(19)9-18-13-7-11(16)5-4-10(13)6-14(18)20/h4-5,7,12,17,19H,6,8-9H2,1-3H3. The van der Waals surface area contributed by atoms with Crippen LogP contribution in [-0.2, 0) is 11.2 Å². The van der Waals surface area contributed by atoms with E-state index < -0.39 is 6.10 Å². The lowest BCUT2D eigenvalue weighted by Crippen LogP contribution is -2.45. The van der Waals surface area contributed by atoms with Crippen LogP contribution in [0.4, 0.5) is 5.69 Å². The second-order valence-electron chi connectivity index (χ2n) is 6.24. The number of anilines is 1. The maximum atomic E-state index is 12.0. The van der Waals surface area contributed by atoms with Crippen molar-refractivity contribution in [1.82, 2.24) is 5.32 Å². The first-order valence-electron chi connectivity index (χ1n) is 6.78. The summed E-state index contributed by atoms with van der Waals surface area (Å²) in [6, 6.07) is 5.44. The lowest BCUT2D eigenvalue weighted by atomic mass is 10.1. The van der Waals surface area contributed by atoms with Gasteiger partial charge in [0.1, 0.15) is 0 Å². The molecule has 1 amide bonds. The first-order valence-corrected chi connectivity index (χ1v) is 7.16. The fraction of sp³-hybridized carbons (Fsp3) is 0.533. The van der Waals surface area contributed by atoms with E-state index in [2.05, 4.69) is 5.32 Å². The molecule has 0 spiro atoms. The quantitative estimate of drug-likeness (QED) is 0.893. The molecule has 1 aromatic rings. The van der Waals surface area contributed by atoms with E-state index in [0.717, 1.165) is 11.3 Å². The Bertz CT molecular complexity index is 511. The number of carbonyl (C=O) groups is 1. The number of fused-ring (bicyclic) bond motifs is 1. The average molecular weight is 297 g/mol. The predicted octanol–water partition coefficient (Wildman–Crippen LogP) is 1.98. The summed E-state index contributed by atoms with van der Waals surface area (Å²) in [7, 11) is 0. The Labute approximate surface area is 124 Å². The second-order valence-corrected chi connectivity index (χ2v) is 6.68. The number of β-amino-alcohol motifs (C(OH)–C–C–N with tert-alkyl or cyclic N) is 1. The van der Waals surface area contributed by atoms with Gasteiger partial charge < -0.3 is 15.3 Å². The minimum absolute atomic E-state index is 0.0112. The predicted molar refractivity (Wildman–Crippen MR) is 81.3 cm³/mol. The Morgan fingerprint density at radius 2 is 2.15 bits per heavy atom. The normalized spacial score (nSPS) is 16.4. The molecule has 0 saturated carbocycles. The maximum absolute atomic E-state index is 12.0. The highest BCUT2D eigenvalue weighted by molar-refractivity contribution is 6.31. The first kappa shape index (κ1) is 15.3. The Morgan fingerprint density at radius 3 is 2.80 bits per heavy atom. The van der Waals surface area contributed by atoms with Gasteiger partial charge in [0.15, 0.2) is 0 Å². The lowest BCUT2D eigenvalue weighted by molar-refractivity contribution is -0.117. The molecule has 110 valence electrons. The second kappa shape index (κ2) is 5.72. The highest BCUT2D eigenvalue weighted by atomic mass is 35.5. The van der Waals surface area contributed by atoms with E-state index in [4.69, 9.17) is 11.6 Å². The summed E-state index contributed by atoms with van der Waals surface area (Å²) >= 11 is 5.98. The Morgan fingerprint density at radius 1 is 1.45 bits per heavy atom. The zero-order valence-corrected chi connectivity index (χ0v) is 12.9. The molecule has 0 aromatic heterocycles. The zero-order valence-electron chi connectivity index (χ0n) is 12.1. The summed E-state index contributed by atoms with van der Waals surface area (Å²) in [5, 5.41) is 13.9. The Balaban J connectivity index is 2.03. The van der Waals surface area contributed by atoms with E-state index >= 15 is 0 Å². The van der Waals surface area contributed by atoms with E-state index in [1.54, 1.807) is 17.0 Å². The number of benzene rings is 1. The number of rotatable bonds is 4. The van der Waals surface area contributed by atoms with Gasteiger partial charge in [0.25, 0.3) is 0 Å². The molecule has 1 heterocycles. The molecular formula is C15H21ClN2O2. The van der Waals surface area contributed by atoms with Crippen LogP contribution < -0.4 is 10.2 Å². The van der Waals surface area contributed by atoms with Crippen molar-refractivity contribution < 1.29 is 9.90 Å². The average Bonchev–Trinajstić information content (AvgIpc) is 2.63. The van der Waals surface area contributed by atoms with E-state index in [9.17, 15) is 9.90 Å². The SMILES string of the molecule is CC(C)(C)NCC(O)CN1C(=O)Cc2ccc(Cl)cc21. The van der Waals surface area contributed by atoms with Crippen molar-refractivity contribution in [2.45, 2.75) is 38.8 Å². The molecule has 0 bridgehead atoms. The first-order chi connectivity index (χ1) is 9.26. The van der Waals surface area contributed by atoms with Crippen LogP contribution in [0.15, 0.2) is 18.2 Å². The topological polar surface area (TPSA) is 52.6 Å².